The van der Waals surface area contributed by atoms with Crippen LogP contribution in [0.3, 0.4) is 0 Å². The third-order valence-electron chi connectivity index (χ3n) is 4.05. The maximum Gasteiger partial charge on any atom is 0.253 e. The smallest absolute Gasteiger partial charge is 0.253 e. The molecule has 0 aromatic heterocycles. The van der Waals surface area contributed by atoms with Crippen LogP contribution in [0.4, 0.5) is 0 Å². The third kappa shape index (κ3) is 3.37. The van der Waals surface area contributed by atoms with Gasteiger partial charge in [-0.25, -0.2) is 0 Å². The first kappa shape index (κ1) is 15.6. The van der Waals surface area contributed by atoms with Gasteiger partial charge in [-0.3, -0.25) is 9.59 Å². The van der Waals surface area contributed by atoms with Crippen LogP contribution in [0.2, 0.25) is 5.02 Å². The number of rotatable bonds is 3. The van der Waals surface area contributed by atoms with Crippen LogP contribution in [-0.4, -0.2) is 48.3 Å². The Morgan fingerprint density at radius 2 is 1.70 bits per heavy atom. The molecule has 0 aliphatic carbocycles. The van der Waals surface area contributed by atoms with Gasteiger partial charge in [-0.15, -0.1) is 0 Å². The second-order valence-corrected chi connectivity index (χ2v) is 5.90. The highest BCUT2D eigenvalue weighted by Gasteiger charge is 2.22. The van der Waals surface area contributed by atoms with E-state index >= 15 is 0 Å². The summed E-state index contributed by atoms with van der Waals surface area (Å²) in [5.41, 5.74) is 2.45. The summed E-state index contributed by atoms with van der Waals surface area (Å²) in [6.45, 7) is 2.27. The molecule has 2 aromatic carbocycles. The van der Waals surface area contributed by atoms with Gasteiger partial charge in [-0.2, -0.15) is 0 Å². The maximum atomic E-state index is 12.7. The van der Waals surface area contributed by atoms with E-state index in [1.54, 1.807) is 21.9 Å². The van der Waals surface area contributed by atoms with E-state index in [-0.39, 0.29) is 5.91 Å². The summed E-state index contributed by atoms with van der Waals surface area (Å²) in [6.07, 6.45) is 0.831. The fourth-order valence-electron chi connectivity index (χ4n) is 2.71. The maximum absolute atomic E-state index is 12.7. The molecule has 2 amide bonds. The molecule has 0 radical (unpaired) electrons. The van der Waals surface area contributed by atoms with Gasteiger partial charge in [0.05, 0.1) is 0 Å². The fraction of sp³-hybridized carbons (Fsp3) is 0.222. The van der Waals surface area contributed by atoms with Crippen LogP contribution in [0.15, 0.2) is 48.5 Å². The van der Waals surface area contributed by atoms with E-state index in [4.69, 9.17) is 11.6 Å². The van der Waals surface area contributed by atoms with Crippen molar-refractivity contribution in [1.82, 2.24) is 9.80 Å². The van der Waals surface area contributed by atoms with Crippen LogP contribution in [0.5, 0.6) is 0 Å². The number of piperazine rings is 1. The first-order chi connectivity index (χ1) is 11.2. The Balaban J connectivity index is 1.83. The lowest BCUT2D eigenvalue weighted by atomic mass is 10.0. The summed E-state index contributed by atoms with van der Waals surface area (Å²) in [7, 11) is 0. The Bertz CT molecular complexity index is 710. The van der Waals surface area contributed by atoms with Crippen molar-refractivity contribution in [1.29, 1.82) is 0 Å². The molecule has 1 aliphatic heterocycles. The number of amides is 2. The van der Waals surface area contributed by atoms with Crippen molar-refractivity contribution >= 4 is 23.9 Å². The predicted molar refractivity (Wildman–Crippen MR) is 90.4 cm³/mol. The van der Waals surface area contributed by atoms with Gasteiger partial charge in [0.25, 0.3) is 5.91 Å². The summed E-state index contributed by atoms with van der Waals surface area (Å²) in [5, 5.41) is 0.624. The summed E-state index contributed by atoms with van der Waals surface area (Å²) in [4.78, 5) is 26.9. The standard InChI is InChI=1S/C18H17ClN2O2/c19-17-7-6-15(12-16(17)14-4-2-1-3-5-14)18(23)21-10-8-20(13-22)9-11-21/h1-7,12-13H,8-11H2. The molecule has 0 atom stereocenters. The molecule has 1 aliphatic rings. The number of carbonyl (C=O) groups is 2. The summed E-state index contributed by atoms with van der Waals surface area (Å²) >= 11 is 6.29. The zero-order chi connectivity index (χ0) is 16.2. The monoisotopic (exact) mass is 328 g/mol. The number of hydrogen-bond donors (Lipinski definition) is 0. The lowest BCUT2D eigenvalue weighted by Gasteiger charge is -2.32. The Labute approximate surface area is 140 Å². The SMILES string of the molecule is O=CN1CCN(C(=O)c2ccc(Cl)c(-c3ccccc3)c2)CC1. The van der Waals surface area contributed by atoms with E-state index in [0.717, 1.165) is 17.5 Å². The molecule has 23 heavy (non-hydrogen) atoms. The molecule has 118 valence electrons. The first-order valence-electron chi connectivity index (χ1n) is 7.52. The number of halogens is 1. The van der Waals surface area contributed by atoms with Crippen LogP contribution >= 0.6 is 11.6 Å². The highest BCUT2D eigenvalue weighted by Crippen LogP contribution is 2.29. The van der Waals surface area contributed by atoms with Gasteiger partial charge in [-0.1, -0.05) is 41.9 Å². The van der Waals surface area contributed by atoms with Crippen molar-refractivity contribution in [2.75, 3.05) is 26.2 Å². The topological polar surface area (TPSA) is 40.6 Å². The van der Waals surface area contributed by atoms with Gasteiger partial charge in [0.15, 0.2) is 0 Å². The molecular weight excluding hydrogens is 312 g/mol. The van der Waals surface area contributed by atoms with Crippen LogP contribution in [-0.2, 0) is 4.79 Å². The third-order valence-corrected chi connectivity index (χ3v) is 4.38. The number of benzene rings is 2. The second-order valence-electron chi connectivity index (χ2n) is 5.49. The molecule has 4 nitrogen and oxygen atoms in total. The van der Waals surface area contributed by atoms with Gasteiger partial charge >= 0.3 is 0 Å². The average molecular weight is 329 g/mol. The van der Waals surface area contributed by atoms with Crippen LogP contribution in [0.25, 0.3) is 11.1 Å². The molecule has 1 fully saturated rings. The fourth-order valence-corrected chi connectivity index (χ4v) is 2.94. The normalized spacial score (nSPS) is 14.7. The summed E-state index contributed by atoms with van der Waals surface area (Å²) in [6, 6.07) is 15.1. The molecule has 3 rings (SSSR count). The van der Waals surface area contributed by atoms with E-state index in [9.17, 15) is 9.59 Å². The second kappa shape index (κ2) is 6.84. The quantitative estimate of drug-likeness (QED) is 0.813. The molecule has 0 bridgehead atoms. The summed E-state index contributed by atoms with van der Waals surface area (Å²) < 4.78 is 0. The van der Waals surface area contributed by atoms with Crippen LogP contribution in [0, 0.1) is 0 Å². The van der Waals surface area contributed by atoms with Gasteiger partial charge < -0.3 is 9.80 Å². The van der Waals surface area contributed by atoms with Gasteiger partial charge in [0, 0.05) is 42.3 Å². The van der Waals surface area contributed by atoms with E-state index in [0.29, 0.717) is 36.8 Å². The lowest BCUT2D eigenvalue weighted by Crippen LogP contribution is -2.48. The van der Waals surface area contributed by atoms with Crippen molar-refractivity contribution in [3.63, 3.8) is 0 Å². The largest absolute Gasteiger partial charge is 0.342 e. The lowest BCUT2D eigenvalue weighted by molar-refractivity contribution is -0.119. The molecule has 2 aromatic rings. The zero-order valence-electron chi connectivity index (χ0n) is 12.6. The number of carbonyl (C=O) groups excluding carboxylic acids is 2. The minimum Gasteiger partial charge on any atom is -0.342 e. The molecule has 0 unspecified atom stereocenters. The van der Waals surface area contributed by atoms with Gasteiger partial charge in [0.1, 0.15) is 0 Å². The van der Waals surface area contributed by atoms with E-state index in [2.05, 4.69) is 0 Å². The summed E-state index contributed by atoms with van der Waals surface area (Å²) in [5.74, 6) is -0.0237. The van der Waals surface area contributed by atoms with Gasteiger partial charge in [0.2, 0.25) is 6.41 Å². The Morgan fingerprint density at radius 3 is 2.35 bits per heavy atom. The van der Waals surface area contributed by atoms with Crippen molar-refractivity contribution in [3.8, 4) is 11.1 Å². The first-order valence-corrected chi connectivity index (χ1v) is 7.90. The molecule has 1 heterocycles. The van der Waals surface area contributed by atoms with Crippen LogP contribution in [0.1, 0.15) is 10.4 Å². The van der Waals surface area contributed by atoms with Crippen molar-refractivity contribution in [2.45, 2.75) is 0 Å². The Morgan fingerprint density at radius 1 is 1.00 bits per heavy atom. The van der Waals surface area contributed by atoms with Crippen molar-refractivity contribution in [3.05, 3.63) is 59.1 Å². The Hall–Kier alpha value is -2.33. The molecule has 5 heteroatoms. The van der Waals surface area contributed by atoms with E-state index in [1.807, 2.05) is 36.4 Å². The number of nitrogens with zero attached hydrogens (tertiary/aromatic N) is 2. The van der Waals surface area contributed by atoms with Crippen LogP contribution < -0.4 is 0 Å². The van der Waals surface area contributed by atoms with Crippen molar-refractivity contribution in [2.24, 2.45) is 0 Å². The molecule has 0 N–H and O–H groups in total. The molecular formula is C18H17ClN2O2. The average Bonchev–Trinajstić information content (AvgIpc) is 2.62. The van der Waals surface area contributed by atoms with Gasteiger partial charge in [-0.05, 0) is 23.8 Å². The highest BCUT2D eigenvalue weighted by molar-refractivity contribution is 6.33. The number of hydrogen-bond acceptors (Lipinski definition) is 2. The minimum absolute atomic E-state index is 0.0237. The predicted octanol–water partition coefficient (Wildman–Crippen LogP) is 2.92. The zero-order valence-corrected chi connectivity index (χ0v) is 13.4. The van der Waals surface area contributed by atoms with E-state index < -0.39 is 0 Å². The molecule has 1 saturated heterocycles. The minimum atomic E-state index is -0.0237. The molecule has 0 saturated carbocycles. The van der Waals surface area contributed by atoms with Crippen molar-refractivity contribution < 1.29 is 9.59 Å². The van der Waals surface area contributed by atoms with E-state index in [1.165, 1.54) is 0 Å². The highest BCUT2D eigenvalue weighted by atomic mass is 35.5. The Kier molecular flexibility index (Phi) is 4.63. The molecule has 0 spiro atoms.